The zero-order valence-corrected chi connectivity index (χ0v) is 13.7. The van der Waals surface area contributed by atoms with Crippen LogP contribution in [-0.2, 0) is 10.1 Å². The largest absolute Gasteiger partial charge is 0.379 e. The molecule has 0 spiro atoms. The van der Waals surface area contributed by atoms with Gasteiger partial charge in [0.15, 0.2) is 0 Å². The molecule has 0 aromatic heterocycles. The molecule has 8 nitrogen and oxygen atoms in total. The summed E-state index contributed by atoms with van der Waals surface area (Å²) in [5.41, 5.74) is 0.0201. The van der Waals surface area contributed by atoms with Crippen molar-refractivity contribution < 1.29 is 22.3 Å². The third-order valence-corrected chi connectivity index (χ3v) is 4.27. The fourth-order valence-corrected chi connectivity index (χ4v) is 2.81. The standard InChI is InChI=1S/C15H14N2O6S/c1-16(2)15(18)11-6-8-13(9-7-11)23-24(21,22)14-5-3-4-12(10-14)17(19)20/h3-10H,1-2H3. The van der Waals surface area contributed by atoms with Crippen LogP contribution >= 0.6 is 0 Å². The Bertz CT molecular complexity index is 875. The SMILES string of the molecule is CN(C)C(=O)c1ccc(OS(=O)(=O)c2cccc([N+](=O)[O-])c2)cc1. The van der Waals surface area contributed by atoms with Crippen LogP contribution in [0.15, 0.2) is 53.4 Å². The van der Waals surface area contributed by atoms with Gasteiger partial charge in [-0.15, -0.1) is 0 Å². The number of carbonyl (C=O) groups is 1. The number of non-ortho nitro benzene ring substituents is 1. The topological polar surface area (TPSA) is 107 Å². The van der Waals surface area contributed by atoms with Crippen molar-refractivity contribution in [2.75, 3.05) is 14.1 Å². The molecule has 1 amide bonds. The first-order valence-corrected chi connectivity index (χ1v) is 8.12. The molecule has 0 saturated carbocycles. The van der Waals surface area contributed by atoms with Crippen LogP contribution in [0.5, 0.6) is 5.75 Å². The van der Waals surface area contributed by atoms with E-state index in [4.69, 9.17) is 4.18 Å². The molecule has 0 fully saturated rings. The van der Waals surface area contributed by atoms with Gasteiger partial charge in [0.1, 0.15) is 10.6 Å². The molecule has 0 bridgehead atoms. The van der Waals surface area contributed by atoms with Crippen LogP contribution in [0.1, 0.15) is 10.4 Å². The van der Waals surface area contributed by atoms with Crippen LogP contribution in [0, 0.1) is 10.1 Å². The quantitative estimate of drug-likeness (QED) is 0.464. The fraction of sp³-hybridized carbons (Fsp3) is 0.133. The molecule has 2 aromatic rings. The number of nitro groups is 1. The molecule has 0 N–H and O–H groups in total. The smallest absolute Gasteiger partial charge is 0.339 e. The van der Waals surface area contributed by atoms with E-state index >= 15 is 0 Å². The highest BCUT2D eigenvalue weighted by Gasteiger charge is 2.20. The molecule has 9 heteroatoms. The summed E-state index contributed by atoms with van der Waals surface area (Å²) in [6.45, 7) is 0. The lowest BCUT2D eigenvalue weighted by atomic mass is 10.2. The van der Waals surface area contributed by atoms with E-state index in [0.717, 1.165) is 6.07 Å². The van der Waals surface area contributed by atoms with E-state index in [2.05, 4.69) is 0 Å². The van der Waals surface area contributed by atoms with Crippen LogP contribution in [0.25, 0.3) is 0 Å². The molecule has 2 aromatic carbocycles. The first-order chi connectivity index (χ1) is 11.2. The number of nitro benzene ring substituents is 1. The predicted molar refractivity (Wildman–Crippen MR) is 85.4 cm³/mol. The number of hydrogen-bond acceptors (Lipinski definition) is 6. The Kier molecular flexibility index (Phi) is 4.84. The Hall–Kier alpha value is -2.94. The number of rotatable bonds is 5. The van der Waals surface area contributed by atoms with E-state index < -0.39 is 15.0 Å². The van der Waals surface area contributed by atoms with Gasteiger partial charge in [0.05, 0.1) is 4.92 Å². The van der Waals surface area contributed by atoms with Crippen molar-refractivity contribution in [3.63, 3.8) is 0 Å². The van der Waals surface area contributed by atoms with E-state index in [9.17, 15) is 23.3 Å². The zero-order valence-electron chi connectivity index (χ0n) is 12.9. The highest BCUT2D eigenvalue weighted by atomic mass is 32.2. The minimum atomic E-state index is -4.22. The molecular formula is C15H14N2O6S. The van der Waals surface area contributed by atoms with Crippen molar-refractivity contribution in [3.8, 4) is 5.75 Å². The van der Waals surface area contributed by atoms with Gasteiger partial charge in [-0.25, -0.2) is 0 Å². The number of nitrogens with zero attached hydrogens (tertiary/aromatic N) is 2. The van der Waals surface area contributed by atoms with Crippen molar-refractivity contribution in [2.24, 2.45) is 0 Å². The Balaban J connectivity index is 2.25. The van der Waals surface area contributed by atoms with Gasteiger partial charge >= 0.3 is 10.1 Å². The van der Waals surface area contributed by atoms with Crippen molar-refractivity contribution in [1.29, 1.82) is 0 Å². The van der Waals surface area contributed by atoms with Crippen LogP contribution in [-0.4, -0.2) is 38.2 Å². The van der Waals surface area contributed by atoms with E-state index in [1.807, 2.05) is 0 Å². The molecule has 126 valence electrons. The van der Waals surface area contributed by atoms with Crippen molar-refractivity contribution in [3.05, 3.63) is 64.2 Å². The Morgan fingerprint density at radius 1 is 1.12 bits per heavy atom. The summed E-state index contributed by atoms with van der Waals surface area (Å²) in [5, 5.41) is 10.7. The maximum atomic E-state index is 12.2. The van der Waals surface area contributed by atoms with Crippen LogP contribution in [0.3, 0.4) is 0 Å². The number of hydrogen-bond donors (Lipinski definition) is 0. The summed E-state index contributed by atoms with van der Waals surface area (Å²) in [6, 6.07) is 10.1. The molecule has 0 aliphatic heterocycles. The number of carbonyl (C=O) groups excluding carboxylic acids is 1. The van der Waals surface area contributed by atoms with Crippen LogP contribution < -0.4 is 4.18 Å². The van der Waals surface area contributed by atoms with Crippen LogP contribution in [0.2, 0.25) is 0 Å². The number of benzene rings is 2. The second-order valence-electron chi connectivity index (χ2n) is 5.02. The highest BCUT2D eigenvalue weighted by Crippen LogP contribution is 2.22. The van der Waals surface area contributed by atoms with Crippen molar-refractivity contribution in [1.82, 2.24) is 4.90 Å². The van der Waals surface area contributed by atoms with Crippen LogP contribution in [0.4, 0.5) is 5.69 Å². The van der Waals surface area contributed by atoms with Gasteiger partial charge in [-0.3, -0.25) is 14.9 Å². The molecule has 0 heterocycles. The summed E-state index contributed by atoms with van der Waals surface area (Å²) in [5.74, 6) is -0.236. The zero-order chi connectivity index (χ0) is 17.9. The average Bonchev–Trinajstić information content (AvgIpc) is 2.54. The minimum absolute atomic E-state index is 0.00295. The molecule has 0 saturated heterocycles. The average molecular weight is 350 g/mol. The van der Waals surface area contributed by atoms with Gasteiger partial charge in [0, 0.05) is 31.8 Å². The number of amides is 1. The van der Waals surface area contributed by atoms with E-state index in [1.54, 1.807) is 14.1 Å². The highest BCUT2D eigenvalue weighted by molar-refractivity contribution is 7.87. The lowest BCUT2D eigenvalue weighted by Gasteiger charge is -2.11. The van der Waals surface area contributed by atoms with Gasteiger partial charge in [-0.05, 0) is 30.3 Å². The van der Waals surface area contributed by atoms with Gasteiger partial charge in [-0.1, -0.05) is 6.07 Å². The van der Waals surface area contributed by atoms with Gasteiger partial charge in [0.25, 0.3) is 11.6 Å². The fourth-order valence-electron chi connectivity index (χ4n) is 1.84. The molecule has 0 atom stereocenters. The molecule has 0 unspecified atom stereocenters. The maximum Gasteiger partial charge on any atom is 0.339 e. The van der Waals surface area contributed by atoms with E-state index in [0.29, 0.717) is 5.56 Å². The predicted octanol–water partition coefficient (Wildman–Crippen LogP) is 2.06. The summed E-state index contributed by atoms with van der Waals surface area (Å²) >= 11 is 0. The first kappa shape index (κ1) is 17.4. The Morgan fingerprint density at radius 2 is 1.75 bits per heavy atom. The van der Waals surface area contributed by atoms with E-state index in [1.165, 1.54) is 47.4 Å². The third kappa shape index (κ3) is 3.87. The van der Waals surface area contributed by atoms with Gasteiger partial charge < -0.3 is 9.08 Å². The lowest BCUT2D eigenvalue weighted by molar-refractivity contribution is -0.385. The molecule has 0 aliphatic carbocycles. The summed E-state index contributed by atoms with van der Waals surface area (Å²) < 4.78 is 29.3. The van der Waals surface area contributed by atoms with Gasteiger partial charge in [0.2, 0.25) is 0 Å². The molecule has 0 aliphatic rings. The Morgan fingerprint density at radius 3 is 2.29 bits per heavy atom. The van der Waals surface area contributed by atoms with E-state index in [-0.39, 0.29) is 22.2 Å². The molecule has 24 heavy (non-hydrogen) atoms. The normalized spacial score (nSPS) is 10.9. The third-order valence-electron chi connectivity index (χ3n) is 3.03. The van der Waals surface area contributed by atoms with Gasteiger partial charge in [-0.2, -0.15) is 8.42 Å². The summed E-state index contributed by atoms with van der Waals surface area (Å²) in [6.07, 6.45) is 0. The van der Waals surface area contributed by atoms with Crippen molar-refractivity contribution >= 4 is 21.7 Å². The lowest BCUT2D eigenvalue weighted by Crippen LogP contribution is -2.21. The summed E-state index contributed by atoms with van der Waals surface area (Å²) in [4.78, 5) is 22.9. The van der Waals surface area contributed by atoms with Crippen molar-refractivity contribution in [2.45, 2.75) is 4.90 Å². The minimum Gasteiger partial charge on any atom is -0.379 e. The molecule has 0 radical (unpaired) electrons. The molecular weight excluding hydrogens is 336 g/mol. The summed E-state index contributed by atoms with van der Waals surface area (Å²) in [7, 11) is -1.03. The monoisotopic (exact) mass is 350 g/mol. The second-order valence-corrected chi connectivity index (χ2v) is 6.56. The Labute approximate surface area is 138 Å². The first-order valence-electron chi connectivity index (χ1n) is 6.71. The maximum absolute atomic E-state index is 12.2. The second kappa shape index (κ2) is 6.67. The molecule has 2 rings (SSSR count).